The fraction of sp³-hybridized carbons (Fsp3) is 1.00. The van der Waals surface area contributed by atoms with Crippen LogP contribution in [-0.2, 0) is 0 Å². The van der Waals surface area contributed by atoms with Crippen LogP contribution < -0.4 is 5.32 Å². The molecule has 0 amide bonds. The molecular formula is C16H30F3NS. The van der Waals surface area contributed by atoms with Crippen molar-refractivity contribution in [3.05, 3.63) is 0 Å². The first kappa shape index (κ1) is 19.1. The lowest BCUT2D eigenvalue weighted by atomic mass is 9.69. The molecule has 5 heteroatoms. The van der Waals surface area contributed by atoms with E-state index in [9.17, 15) is 13.2 Å². The van der Waals surface area contributed by atoms with Crippen molar-refractivity contribution in [1.82, 2.24) is 5.32 Å². The topological polar surface area (TPSA) is 12.0 Å². The van der Waals surface area contributed by atoms with Gasteiger partial charge in [0.2, 0.25) is 0 Å². The minimum Gasteiger partial charge on any atom is -0.314 e. The molecule has 1 saturated carbocycles. The normalized spacial score (nSPS) is 27.6. The van der Waals surface area contributed by atoms with Gasteiger partial charge in [-0.15, -0.1) is 0 Å². The molecule has 0 aliphatic heterocycles. The van der Waals surface area contributed by atoms with E-state index in [1.165, 1.54) is 6.42 Å². The van der Waals surface area contributed by atoms with Crippen molar-refractivity contribution in [1.29, 1.82) is 0 Å². The number of alkyl halides is 3. The molecule has 21 heavy (non-hydrogen) atoms. The highest BCUT2D eigenvalue weighted by Gasteiger charge is 2.33. The van der Waals surface area contributed by atoms with Crippen LogP contribution in [-0.4, -0.2) is 23.8 Å². The van der Waals surface area contributed by atoms with Gasteiger partial charge in [-0.25, -0.2) is 0 Å². The van der Waals surface area contributed by atoms with Gasteiger partial charge in [0.05, 0.1) is 0 Å². The van der Waals surface area contributed by atoms with Crippen LogP contribution >= 0.6 is 11.8 Å². The second-order valence-electron chi connectivity index (χ2n) is 6.98. The minimum atomic E-state index is -4.09. The van der Waals surface area contributed by atoms with Crippen LogP contribution in [0.2, 0.25) is 0 Å². The van der Waals surface area contributed by atoms with Crippen LogP contribution in [0.1, 0.15) is 53.4 Å². The first-order valence-electron chi connectivity index (χ1n) is 8.13. The van der Waals surface area contributed by atoms with Gasteiger partial charge in [0, 0.05) is 11.8 Å². The van der Waals surface area contributed by atoms with Crippen molar-refractivity contribution >= 4 is 11.8 Å². The predicted octanol–water partition coefficient (Wildman–Crippen LogP) is 5.32. The van der Waals surface area contributed by atoms with Gasteiger partial charge in [0.25, 0.3) is 0 Å². The Bertz CT molecular complexity index is 292. The summed E-state index contributed by atoms with van der Waals surface area (Å²) in [5.74, 6) is 2.50. The molecule has 126 valence electrons. The van der Waals surface area contributed by atoms with Crippen molar-refractivity contribution in [3.63, 3.8) is 0 Å². The molecule has 1 rings (SSSR count). The number of hydrogen-bond acceptors (Lipinski definition) is 2. The summed E-state index contributed by atoms with van der Waals surface area (Å²) in [4.78, 5) is 0. The Morgan fingerprint density at radius 2 is 1.76 bits per heavy atom. The largest absolute Gasteiger partial charge is 0.441 e. The zero-order valence-corrected chi connectivity index (χ0v) is 14.5. The third-order valence-electron chi connectivity index (χ3n) is 4.67. The Kier molecular flexibility index (Phi) is 7.90. The lowest BCUT2D eigenvalue weighted by Gasteiger charge is -2.38. The SMILES string of the molecule is CC(C)NCC1CCC(C(C)C)CC1CCSC(F)(F)F. The second-order valence-corrected chi connectivity index (χ2v) is 8.14. The summed E-state index contributed by atoms with van der Waals surface area (Å²) in [5, 5.41) is 3.47. The Labute approximate surface area is 131 Å². The standard InChI is InChI=1S/C16H30F3NS/c1-11(2)13-5-6-15(10-20-12(3)4)14(9-13)7-8-21-16(17,18)19/h11-15,20H,5-10H2,1-4H3. The number of hydrogen-bond donors (Lipinski definition) is 1. The molecule has 1 aliphatic rings. The van der Waals surface area contributed by atoms with E-state index < -0.39 is 5.51 Å². The first-order valence-corrected chi connectivity index (χ1v) is 9.11. The second kappa shape index (κ2) is 8.66. The number of nitrogens with one attached hydrogen (secondary N) is 1. The van der Waals surface area contributed by atoms with Crippen LogP contribution in [0.25, 0.3) is 0 Å². The van der Waals surface area contributed by atoms with Crippen LogP contribution in [0.3, 0.4) is 0 Å². The monoisotopic (exact) mass is 325 g/mol. The first-order chi connectivity index (χ1) is 9.69. The molecule has 0 aromatic heterocycles. The molecule has 1 fully saturated rings. The summed E-state index contributed by atoms with van der Waals surface area (Å²) in [6.45, 7) is 9.66. The van der Waals surface area contributed by atoms with Crippen molar-refractivity contribution in [2.45, 2.75) is 64.9 Å². The highest BCUT2D eigenvalue weighted by Crippen LogP contribution is 2.40. The van der Waals surface area contributed by atoms with Crippen LogP contribution in [0.15, 0.2) is 0 Å². The van der Waals surface area contributed by atoms with Gasteiger partial charge in [-0.1, -0.05) is 39.5 Å². The average molecular weight is 325 g/mol. The van der Waals surface area contributed by atoms with Crippen LogP contribution in [0.5, 0.6) is 0 Å². The number of halogens is 3. The molecule has 0 saturated heterocycles. The summed E-state index contributed by atoms with van der Waals surface area (Å²) in [6.07, 6.45) is 4.17. The minimum absolute atomic E-state index is 0.143. The highest BCUT2D eigenvalue weighted by atomic mass is 32.2. The molecule has 0 aromatic rings. The van der Waals surface area contributed by atoms with Crippen molar-refractivity contribution < 1.29 is 13.2 Å². The summed E-state index contributed by atoms with van der Waals surface area (Å²) < 4.78 is 36.9. The lowest BCUT2D eigenvalue weighted by molar-refractivity contribution is -0.0329. The van der Waals surface area contributed by atoms with Crippen molar-refractivity contribution in [2.75, 3.05) is 12.3 Å². The number of thioether (sulfide) groups is 1. The smallest absolute Gasteiger partial charge is 0.314 e. The molecule has 0 aromatic carbocycles. The number of rotatable bonds is 7. The Balaban J connectivity index is 2.51. The maximum atomic E-state index is 12.3. The highest BCUT2D eigenvalue weighted by molar-refractivity contribution is 8.00. The summed E-state index contributed by atoms with van der Waals surface area (Å²) in [6, 6.07) is 0.443. The maximum Gasteiger partial charge on any atom is 0.441 e. The Morgan fingerprint density at radius 3 is 2.29 bits per heavy atom. The van der Waals surface area contributed by atoms with E-state index in [2.05, 4.69) is 33.0 Å². The molecule has 0 spiro atoms. The molecule has 3 unspecified atom stereocenters. The Hall–Kier alpha value is 0.100. The van der Waals surface area contributed by atoms with Gasteiger partial charge in [-0.3, -0.25) is 0 Å². The van der Waals surface area contributed by atoms with E-state index in [1.807, 2.05) is 0 Å². The van der Waals surface area contributed by atoms with Crippen molar-refractivity contribution in [3.8, 4) is 0 Å². The van der Waals surface area contributed by atoms with Gasteiger partial charge in [0.15, 0.2) is 0 Å². The summed E-state index contributed by atoms with van der Waals surface area (Å²) >= 11 is 0.143. The molecule has 0 bridgehead atoms. The fourth-order valence-corrected chi connectivity index (χ4v) is 3.96. The van der Waals surface area contributed by atoms with Gasteiger partial charge in [-0.2, -0.15) is 13.2 Å². The van der Waals surface area contributed by atoms with Crippen LogP contribution in [0.4, 0.5) is 13.2 Å². The average Bonchev–Trinajstić information content (AvgIpc) is 2.35. The van der Waals surface area contributed by atoms with Gasteiger partial charge in [0.1, 0.15) is 0 Å². The Morgan fingerprint density at radius 1 is 1.10 bits per heavy atom. The lowest BCUT2D eigenvalue weighted by Crippen LogP contribution is -2.37. The van der Waals surface area contributed by atoms with Crippen molar-refractivity contribution in [2.24, 2.45) is 23.7 Å². The van der Waals surface area contributed by atoms with E-state index >= 15 is 0 Å². The summed E-state index contributed by atoms with van der Waals surface area (Å²) in [5.41, 5.74) is -4.09. The predicted molar refractivity (Wildman–Crippen MR) is 85.4 cm³/mol. The van der Waals surface area contributed by atoms with E-state index in [0.717, 1.165) is 19.4 Å². The van der Waals surface area contributed by atoms with Gasteiger partial charge in [-0.05, 0) is 55.9 Å². The third-order valence-corrected chi connectivity index (χ3v) is 5.43. The van der Waals surface area contributed by atoms with E-state index in [0.29, 0.717) is 36.1 Å². The molecular weight excluding hydrogens is 295 g/mol. The summed E-state index contributed by atoms with van der Waals surface area (Å²) in [7, 11) is 0. The maximum absolute atomic E-state index is 12.3. The van der Waals surface area contributed by atoms with E-state index in [-0.39, 0.29) is 17.5 Å². The molecule has 0 heterocycles. The molecule has 0 radical (unpaired) electrons. The third kappa shape index (κ3) is 7.78. The zero-order valence-electron chi connectivity index (χ0n) is 13.7. The molecule has 1 nitrogen and oxygen atoms in total. The van der Waals surface area contributed by atoms with E-state index in [4.69, 9.17) is 0 Å². The van der Waals surface area contributed by atoms with Crippen LogP contribution in [0, 0.1) is 23.7 Å². The quantitative estimate of drug-likeness (QED) is 0.680. The zero-order chi connectivity index (χ0) is 16.0. The molecule has 1 aliphatic carbocycles. The fourth-order valence-electron chi connectivity index (χ4n) is 3.30. The van der Waals surface area contributed by atoms with Gasteiger partial charge >= 0.3 is 5.51 Å². The van der Waals surface area contributed by atoms with E-state index in [1.54, 1.807) is 0 Å². The van der Waals surface area contributed by atoms with Gasteiger partial charge < -0.3 is 5.32 Å². The molecule has 1 N–H and O–H groups in total. The molecule has 3 atom stereocenters.